The van der Waals surface area contributed by atoms with Gasteiger partial charge in [-0.3, -0.25) is 4.90 Å². The van der Waals surface area contributed by atoms with Crippen LogP contribution in [0.15, 0.2) is 12.1 Å². The smallest absolute Gasteiger partial charge is 0.0931 e. The molecule has 0 aliphatic carbocycles. The molecule has 1 aromatic heterocycles. The fraction of sp³-hybridized carbons (Fsp3) is 0.636. The maximum Gasteiger partial charge on any atom is 0.0931 e. The average Bonchev–Trinajstić information content (AvgIpc) is 2.49. The van der Waals surface area contributed by atoms with Crippen molar-refractivity contribution in [2.75, 3.05) is 13.1 Å². The molecule has 0 saturated carbocycles. The summed E-state index contributed by atoms with van der Waals surface area (Å²) in [5, 5.41) is 0. The average molecular weight is 232 g/mol. The van der Waals surface area contributed by atoms with E-state index in [-0.39, 0.29) is 0 Å². The van der Waals surface area contributed by atoms with Gasteiger partial charge in [0.15, 0.2) is 0 Å². The highest BCUT2D eigenvalue weighted by molar-refractivity contribution is 7.16. The lowest BCUT2D eigenvalue weighted by Gasteiger charge is -2.21. The van der Waals surface area contributed by atoms with Gasteiger partial charge in [-0.05, 0) is 24.6 Å². The van der Waals surface area contributed by atoms with Crippen LogP contribution in [0.5, 0.6) is 0 Å². The maximum atomic E-state index is 5.89. The highest BCUT2D eigenvalue weighted by Crippen LogP contribution is 2.22. The topological polar surface area (TPSA) is 3.24 Å². The minimum absolute atomic E-state index is 0.727. The Morgan fingerprint density at radius 3 is 2.57 bits per heavy atom. The summed E-state index contributed by atoms with van der Waals surface area (Å²) in [6, 6.07) is 4.10. The van der Waals surface area contributed by atoms with E-state index in [0.717, 1.165) is 29.9 Å². The lowest BCUT2D eigenvalue weighted by molar-refractivity contribution is 0.250. The number of hydrogen-bond acceptors (Lipinski definition) is 2. The maximum absolute atomic E-state index is 5.89. The molecule has 0 bridgehead atoms. The number of halogens is 1. The summed E-state index contributed by atoms with van der Waals surface area (Å²) in [5.41, 5.74) is 0. The van der Waals surface area contributed by atoms with Crippen LogP contribution < -0.4 is 0 Å². The summed E-state index contributed by atoms with van der Waals surface area (Å²) in [4.78, 5) is 3.81. The molecule has 1 nitrogen and oxygen atoms in total. The molecule has 14 heavy (non-hydrogen) atoms. The number of hydrogen-bond donors (Lipinski definition) is 0. The molecule has 0 fully saturated rings. The van der Waals surface area contributed by atoms with E-state index in [4.69, 9.17) is 11.6 Å². The van der Waals surface area contributed by atoms with E-state index < -0.39 is 0 Å². The molecular weight excluding hydrogens is 214 g/mol. The van der Waals surface area contributed by atoms with Gasteiger partial charge in [0.2, 0.25) is 0 Å². The second kappa shape index (κ2) is 5.74. The van der Waals surface area contributed by atoms with Crippen molar-refractivity contribution in [3.63, 3.8) is 0 Å². The van der Waals surface area contributed by atoms with E-state index in [1.807, 2.05) is 6.07 Å². The molecule has 0 unspecified atom stereocenters. The molecule has 0 aromatic carbocycles. The first-order chi connectivity index (χ1) is 6.61. The summed E-state index contributed by atoms with van der Waals surface area (Å²) in [6.07, 6.45) is 0. The van der Waals surface area contributed by atoms with Gasteiger partial charge in [0.05, 0.1) is 4.34 Å². The van der Waals surface area contributed by atoms with Gasteiger partial charge < -0.3 is 0 Å². The zero-order chi connectivity index (χ0) is 10.6. The van der Waals surface area contributed by atoms with Crippen LogP contribution in [0.25, 0.3) is 0 Å². The zero-order valence-electron chi connectivity index (χ0n) is 9.09. The summed E-state index contributed by atoms with van der Waals surface area (Å²) < 4.78 is 0.889. The van der Waals surface area contributed by atoms with Gasteiger partial charge in [0.1, 0.15) is 0 Å². The minimum atomic E-state index is 0.727. The van der Waals surface area contributed by atoms with E-state index in [0.29, 0.717) is 0 Å². The van der Waals surface area contributed by atoms with Crippen LogP contribution in [0, 0.1) is 5.92 Å². The highest BCUT2D eigenvalue weighted by Gasteiger charge is 2.07. The molecule has 1 aromatic rings. The van der Waals surface area contributed by atoms with Crippen LogP contribution in [0.4, 0.5) is 0 Å². The monoisotopic (exact) mass is 231 g/mol. The molecule has 0 atom stereocenters. The van der Waals surface area contributed by atoms with Gasteiger partial charge in [0, 0.05) is 18.0 Å². The Morgan fingerprint density at radius 2 is 2.14 bits per heavy atom. The van der Waals surface area contributed by atoms with Crippen LogP contribution >= 0.6 is 22.9 Å². The normalized spacial score (nSPS) is 11.6. The summed E-state index contributed by atoms with van der Waals surface area (Å²) >= 11 is 7.58. The second-order valence-corrected chi connectivity index (χ2v) is 5.73. The van der Waals surface area contributed by atoms with E-state index in [1.165, 1.54) is 4.88 Å². The zero-order valence-corrected chi connectivity index (χ0v) is 10.7. The van der Waals surface area contributed by atoms with Crippen molar-refractivity contribution in [2.45, 2.75) is 27.3 Å². The van der Waals surface area contributed by atoms with Crippen molar-refractivity contribution in [2.24, 2.45) is 5.92 Å². The molecule has 0 spiro atoms. The van der Waals surface area contributed by atoms with Gasteiger partial charge in [-0.1, -0.05) is 32.4 Å². The molecule has 0 amide bonds. The van der Waals surface area contributed by atoms with Gasteiger partial charge in [-0.2, -0.15) is 0 Å². The Bertz CT molecular complexity index is 270. The van der Waals surface area contributed by atoms with Crippen LogP contribution in [0.3, 0.4) is 0 Å². The van der Waals surface area contributed by atoms with Crippen LogP contribution in [0.2, 0.25) is 4.34 Å². The van der Waals surface area contributed by atoms with E-state index in [1.54, 1.807) is 11.3 Å². The Balaban J connectivity index is 2.48. The predicted molar refractivity (Wildman–Crippen MR) is 65.1 cm³/mol. The van der Waals surface area contributed by atoms with Crippen LogP contribution in [-0.2, 0) is 6.54 Å². The van der Waals surface area contributed by atoms with Gasteiger partial charge in [0.25, 0.3) is 0 Å². The summed E-state index contributed by atoms with van der Waals surface area (Å²) in [7, 11) is 0. The Hall–Kier alpha value is -0.0500. The molecule has 1 rings (SSSR count). The number of rotatable bonds is 5. The van der Waals surface area contributed by atoms with Crippen LogP contribution in [0.1, 0.15) is 25.6 Å². The molecule has 0 aliphatic rings. The highest BCUT2D eigenvalue weighted by atomic mass is 35.5. The number of nitrogens with zero attached hydrogens (tertiary/aromatic N) is 1. The van der Waals surface area contributed by atoms with Gasteiger partial charge >= 0.3 is 0 Å². The molecule has 80 valence electrons. The van der Waals surface area contributed by atoms with Gasteiger partial charge in [-0.25, -0.2) is 0 Å². The largest absolute Gasteiger partial charge is 0.298 e. The molecule has 0 saturated heterocycles. The summed E-state index contributed by atoms with van der Waals surface area (Å²) in [5.74, 6) is 0.727. The van der Waals surface area contributed by atoms with E-state index in [9.17, 15) is 0 Å². The quantitative estimate of drug-likeness (QED) is 0.744. The van der Waals surface area contributed by atoms with Crippen molar-refractivity contribution >= 4 is 22.9 Å². The van der Waals surface area contributed by atoms with Gasteiger partial charge in [-0.15, -0.1) is 11.3 Å². The van der Waals surface area contributed by atoms with Crippen molar-refractivity contribution < 1.29 is 0 Å². The van der Waals surface area contributed by atoms with Crippen LogP contribution in [-0.4, -0.2) is 18.0 Å². The van der Waals surface area contributed by atoms with Crippen molar-refractivity contribution in [3.8, 4) is 0 Å². The Morgan fingerprint density at radius 1 is 1.43 bits per heavy atom. The second-order valence-electron chi connectivity index (χ2n) is 3.93. The lowest BCUT2D eigenvalue weighted by Crippen LogP contribution is -2.26. The first-order valence-electron chi connectivity index (χ1n) is 5.08. The third-order valence-corrected chi connectivity index (χ3v) is 3.29. The fourth-order valence-corrected chi connectivity index (χ4v) is 2.61. The van der Waals surface area contributed by atoms with Crippen molar-refractivity contribution in [1.29, 1.82) is 0 Å². The number of thiophene rings is 1. The van der Waals surface area contributed by atoms with Crippen molar-refractivity contribution in [3.05, 3.63) is 21.3 Å². The first-order valence-corrected chi connectivity index (χ1v) is 6.27. The third-order valence-electron chi connectivity index (χ3n) is 2.08. The molecule has 1 heterocycles. The Kier molecular flexibility index (Phi) is 4.93. The molecule has 3 heteroatoms. The van der Waals surface area contributed by atoms with E-state index >= 15 is 0 Å². The Labute approximate surface area is 95.7 Å². The lowest BCUT2D eigenvalue weighted by atomic mass is 10.2. The SMILES string of the molecule is CCN(Cc1ccc(Cl)s1)CC(C)C. The van der Waals surface area contributed by atoms with E-state index in [2.05, 4.69) is 31.7 Å². The predicted octanol–water partition coefficient (Wildman–Crippen LogP) is 3.88. The molecule has 0 radical (unpaired) electrons. The minimum Gasteiger partial charge on any atom is -0.298 e. The summed E-state index contributed by atoms with van der Waals surface area (Å²) in [6.45, 7) is 10.0. The molecule has 0 aliphatic heterocycles. The first kappa shape index (κ1) is 12.0. The van der Waals surface area contributed by atoms with Crippen molar-refractivity contribution in [1.82, 2.24) is 4.90 Å². The molecule has 0 N–H and O–H groups in total. The fourth-order valence-electron chi connectivity index (χ4n) is 1.48. The third kappa shape index (κ3) is 3.99. The standard InChI is InChI=1S/C11H18ClNS/c1-4-13(7-9(2)3)8-10-5-6-11(12)14-10/h5-6,9H,4,7-8H2,1-3H3. The molecular formula is C11H18ClNS.